The average molecular weight is 459 g/mol. The third-order valence-electron chi connectivity index (χ3n) is 4.53. The summed E-state index contributed by atoms with van der Waals surface area (Å²) in [5.74, 6) is 0.656. The van der Waals surface area contributed by atoms with Gasteiger partial charge in [-0.25, -0.2) is 8.91 Å². The molecule has 3 aromatic heterocycles. The molecule has 3 N–H and O–H groups in total. The molecule has 1 aliphatic carbocycles. The Hall–Kier alpha value is -1.22. The maximum atomic E-state index is 14.0. The molecule has 26 heavy (non-hydrogen) atoms. The second kappa shape index (κ2) is 7.07. The monoisotopic (exact) mass is 457 g/mol. The van der Waals surface area contributed by atoms with Gasteiger partial charge < -0.3 is 11.1 Å². The normalized spacial score (nSPS) is 16.8. The Bertz CT molecular complexity index is 925. The van der Waals surface area contributed by atoms with Crippen LogP contribution >= 0.6 is 38.9 Å². The molecule has 0 spiro atoms. The first-order chi connectivity index (χ1) is 12.4. The van der Waals surface area contributed by atoms with Crippen molar-refractivity contribution in [1.29, 1.82) is 0 Å². The molecule has 5 nitrogen and oxygen atoms in total. The lowest BCUT2D eigenvalue weighted by Crippen LogP contribution is -2.27. The van der Waals surface area contributed by atoms with Gasteiger partial charge in [-0.15, -0.1) is 16.4 Å². The number of aromatic nitrogens is 3. The molecule has 4 rings (SSSR count). The lowest BCUT2D eigenvalue weighted by molar-refractivity contribution is 0.270. The SMILES string of the molecule is N[C@H](Cc1cc2c(NCc3cccs3)nc(Cl)nn2c1Br)CC1(F)CC1. The minimum atomic E-state index is -1.05. The van der Waals surface area contributed by atoms with Gasteiger partial charge in [0.25, 0.3) is 0 Å². The number of halogens is 3. The fraction of sp³-hybridized carbons (Fsp3) is 0.412. The molecule has 0 radical (unpaired) electrons. The van der Waals surface area contributed by atoms with E-state index in [4.69, 9.17) is 17.3 Å². The predicted molar refractivity (Wildman–Crippen MR) is 107 cm³/mol. The fourth-order valence-corrected chi connectivity index (χ4v) is 4.42. The molecule has 0 bridgehead atoms. The van der Waals surface area contributed by atoms with Gasteiger partial charge in [0.15, 0.2) is 5.82 Å². The van der Waals surface area contributed by atoms with Gasteiger partial charge in [0, 0.05) is 10.9 Å². The van der Waals surface area contributed by atoms with Crippen LogP contribution in [0.25, 0.3) is 5.52 Å². The standard InChI is InChI=1S/C17H18BrClFN5S/c18-14-10(6-11(21)8-17(20)3-4-17)7-13-15(23-16(19)24-25(13)14)22-9-12-2-1-5-26-12/h1-2,5,7,11H,3-4,6,8-9,21H2,(H,22,23,24)/t11-/m1/s1. The summed E-state index contributed by atoms with van der Waals surface area (Å²) < 4.78 is 16.4. The number of rotatable bonds is 7. The van der Waals surface area contributed by atoms with Crippen LogP contribution in [0.3, 0.4) is 0 Å². The van der Waals surface area contributed by atoms with Crippen molar-refractivity contribution < 1.29 is 4.39 Å². The lowest BCUT2D eigenvalue weighted by atomic mass is 10.0. The molecule has 3 aromatic rings. The lowest BCUT2D eigenvalue weighted by Gasteiger charge is -2.13. The second-order valence-electron chi connectivity index (χ2n) is 6.74. The fourth-order valence-electron chi connectivity index (χ4n) is 3.07. The summed E-state index contributed by atoms with van der Waals surface area (Å²) >= 11 is 11.3. The average Bonchev–Trinajstić information content (AvgIpc) is 2.98. The highest BCUT2D eigenvalue weighted by molar-refractivity contribution is 9.10. The summed E-state index contributed by atoms with van der Waals surface area (Å²) in [5, 5.41) is 9.77. The molecule has 1 saturated carbocycles. The first-order valence-electron chi connectivity index (χ1n) is 8.38. The van der Waals surface area contributed by atoms with E-state index in [9.17, 15) is 4.39 Å². The van der Waals surface area contributed by atoms with Crippen LogP contribution < -0.4 is 11.1 Å². The topological polar surface area (TPSA) is 68.2 Å². The molecule has 0 amide bonds. The van der Waals surface area contributed by atoms with E-state index in [0.29, 0.717) is 38.0 Å². The number of nitrogens with one attached hydrogen (secondary N) is 1. The van der Waals surface area contributed by atoms with Gasteiger partial charge in [-0.3, -0.25) is 0 Å². The third kappa shape index (κ3) is 3.88. The van der Waals surface area contributed by atoms with E-state index in [1.54, 1.807) is 15.9 Å². The first-order valence-corrected chi connectivity index (χ1v) is 10.4. The van der Waals surface area contributed by atoms with Crippen molar-refractivity contribution in [2.75, 3.05) is 5.32 Å². The zero-order valence-electron chi connectivity index (χ0n) is 13.9. The van der Waals surface area contributed by atoms with E-state index in [-0.39, 0.29) is 11.3 Å². The Labute approximate surface area is 167 Å². The Balaban J connectivity index is 1.59. The predicted octanol–water partition coefficient (Wildman–Crippen LogP) is 4.58. The molecule has 0 unspecified atom stereocenters. The van der Waals surface area contributed by atoms with Crippen LogP contribution in [-0.2, 0) is 13.0 Å². The van der Waals surface area contributed by atoms with Gasteiger partial charge in [-0.1, -0.05) is 6.07 Å². The van der Waals surface area contributed by atoms with Gasteiger partial charge >= 0.3 is 0 Å². The minimum absolute atomic E-state index is 0.152. The summed E-state index contributed by atoms with van der Waals surface area (Å²) in [6.07, 6.45) is 2.20. The highest BCUT2D eigenvalue weighted by atomic mass is 79.9. The molecular weight excluding hydrogens is 441 g/mol. The van der Waals surface area contributed by atoms with Gasteiger partial charge in [-0.05, 0) is 76.3 Å². The van der Waals surface area contributed by atoms with Crippen LogP contribution in [0.5, 0.6) is 0 Å². The quantitative estimate of drug-likeness (QED) is 0.544. The molecule has 1 aliphatic rings. The van der Waals surface area contributed by atoms with Crippen molar-refractivity contribution in [3.63, 3.8) is 0 Å². The smallest absolute Gasteiger partial charge is 0.243 e. The van der Waals surface area contributed by atoms with Crippen LogP contribution in [0.1, 0.15) is 29.7 Å². The van der Waals surface area contributed by atoms with E-state index < -0.39 is 5.67 Å². The van der Waals surface area contributed by atoms with Gasteiger partial charge in [-0.2, -0.15) is 4.98 Å². The molecule has 1 fully saturated rings. The van der Waals surface area contributed by atoms with Crippen molar-refractivity contribution in [3.8, 4) is 0 Å². The van der Waals surface area contributed by atoms with Crippen molar-refractivity contribution in [2.45, 2.75) is 43.9 Å². The largest absolute Gasteiger partial charge is 0.363 e. The van der Waals surface area contributed by atoms with Crippen molar-refractivity contribution >= 4 is 50.2 Å². The third-order valence-corrected chi connectivity index (χ3v) is 6.41. The van der Waals surface area contributed by atoms with E-state index >= 15 is 0 Å². The van der Waals surface area contributed by atoms with E-state index in [1.165, 1.54) is 4.88 Å². The van der Waals surface area contributed by atoms with E-state index in [1.807, 2.05) is 17.5 Å². The number of thiophene rings is 1. The van der Waals surface area contributed by atoms with Crippen molar-refractivity contribution in [1.82, 2.24) is 14.6 Å². The molecule has 138 valence electrons. The number of hydrogen-bond acceptors (Lipinski definition) is 5. The Morgan fingerprint density at radius 3 is 3.00 bits per heavy atom. The summed E-state index contributed by atoms with van der Waals surface area (Å²) in [7, 11) is 0. The Morgan fingerprint density at radius 2 is 2.31 bits per heavy atom. The summed E-state index contributed by atoms with van der Waals surface area (Å²) in [5.41, 5.74) is 6.89. The number of hydrogen-bond donors (Lipinski definition) is 2. The molecule has 9 heteroatoms. The van der Waals surface area contributed by atoms with Crippen LogP contribution in [0.15, 0.2) is 28.2 Å². The summed E-state index contributed by atoms with van der Waals surface area (Å²) in [6.45, 7) is 0.655. The maximum absolute atomic E-state index is 14.0. The Morgan fingerprint density at radius 1 is 1.50 bits per heavy atom. The molecule has 0 aliphatic heterocycles. The number of fused-ring (bicyclic) bond motifs is 1. The molecule has 3 heterocycles. The number of alkyl halides is 1. The van der Waals surface area contributed by atoms with Crippen LogP contribution in [-0.4, -0.2) is 26.3 Å². The molecule has 0 aromatic carbocycles. The summed E-state index contributed by atoms with van der Waals surface area (Å²) in [6, 6.07) is 5.81. The minimum Gasteiger partial charge on any atom is -0.363 e. The first kappa shape index (κ1) is 18.2. The highest BCUT2D eigenvalue weighted by Crippen LogP contribution is 2.44. The summed E-state index contributed by atoms with van der Waals surface area (Å²) in [4.78, 5) is 5.52. The van der Waals surface area contributed by atoms with Crippen LogP contribution in [0, 0.1) is 0 Å². The zero-order chi connectivity index (χ0) is 18.3. The van der Waals surface area contributed by atoms with E-state index in [0.717, 1.165) is 15.7 Å². The van der Waals surface area contributed by atoms with Crippen LogP contribution in [0.4, 0.5) is 10.2 Å². The van der Waals surface area contributed by atoms with E-state index in [2.05, 4.69) is 37.4 Å². The number of nitrogens with two attached hydrogens (primary N) is 1. The van der Waals surface area contributed by atoms with Gasteiger partial charge in [0.2, 0.25) is 5.28 Å². The number of nitrogens with zero attached hydrogens (tertiary/aromatic N) is 3. The highest BCUT2D eigenvalue weighted by Gasteiger charge is 2.44. The number of anilines is 1. The maximum Gasteiger partial charge on any atom is 0.243 e. The van der Waals surface area contributed by atoms with Gasteiger partial charge in [0.1, 0.15) is 15.8 Å². The second-order valence-corrected chi connectivity index (χ2v) is 8.86. The van der Waals surface area contributed by atoms with Crippen LogP contribution in [0.2, 0.25) is 5.28 Å². The molecule has 1 atom stereocenters. The van der Waals surface area contributed by atoms with Gasteiger partial charge in [0.05, 0.1) is 6.54 Å². The zero-order valence-corrected chi connectivity index (χ0v) is 17.0. The van der Waals surface area contributed by atoms with Crippen molar-refractivity contribution in [2.24, 2.45) is 5.73 Å². The van der Waals surface area contributed by atoms with Crippen molar-refractivity contribution in [3.05, 3.63) is 43.9 Å². The Kier molecular flexibility index (Phi) is 4.94. The molecular formula is C17H18BrClFN5S. The molecule has 0 saturated heterocycles.